The van der Waals surface area contributed by atoms with Gasteiger partial charge in [-0.15, -0.1) is 0 Å². The summed E-state index contributed by atoms with van der Waals surface area (Å²) in [7, 11) is 0. The molecule has 4 heteroatoms. The van der Waals surface area contributed by atoms with E-state index in [1.165, 1.54) is 19.3 Å². The van der Waals surface area contributed by atoms with Gasteiger partial charge >= 0.3 is 11.9 Å². The number of esters is 2. The van der Waals surface area contributed by atoms with Crippen molar-refractivity contribution in [2.45, 2.75) is 104 Å². The minimum absolute atomic E-state index is 0.00260. The largest absolute Gasteiger partial charge is 0.462 e. The van der Waals surface area contributed by atoms with Gasteiger partial charge in [-0.05, 0) is 83.5 Å². The lowest BCUT2D eigenvalue weighted by Crippen LogP contribution is -2.41. The van der Waals surface area contributed by atoms with Crippen molar-refractivity contribution in [1.29, 1.82) is 0 Å². The van der Waals surface area contributed by atoms with Crippen molar-refractivity contribution in [1.82, 2.24) is 0 Å². The standard InChI is InChI=1S/C22H36O4/c1-5-21(3,4)20(24)25-18-14-15-12-16(18)13-17(15)19(23)26-22(6-2)10-8-7-9-11-22/h15-18H,5-14H2,1-4H3. The number of ether oxygens (including phenoxy) is 2. The molecule has 4 unspecified atom stereocenters. The van der Waals surface area contributed by atoms with Crippen molar-refractivity contribution in [3.8, 4) is 0 Å². The van der Waals surface area contributed by atoms with Crippen molar-refractivity contribution in [3.05, 3.63) is 0 Å². The summed E-state index contributed by atoms with van der Waals surface area (Å²) in [6, 6.07) is 0. The van der Waals surface area contributed by atoms with E-state index in [0.29, 0.717) is 11.8 Å². The van der Waals surface area contributed by atoms with Crippen LogP contribution < -0.4 is 0 Å². The van der Waals surface area contributed by atoms with Crippen molar-refractivity contribution in [3.63, 3.8) is 0 Å². The number of fused-ring (bicyclic) bond motifs is 2. The predicted molar refractivity (Wildman–Crippen MR) is 100 cm³/mol. The Labute approximate surface area is 158 Å². The van der Waals surface area contributed by atoms with Crippen LogP contribution in [0.1, 0.15) is 91.9 Å². The number of hydrogen-bond donors (Lipinski definition) is 0. The lowest BCUT2D eigenvalue weighted by Gasteiger charge is -2.38. The van der Waals surface area contributed by atoms with E-state index >= 15 is 0 Å². The Morgan fingerprint density at radius 3 is 2.23 bits per heavy atom. The zero-order valence-corrected chi connectivity index (χ0v) is 17.0. The first-order valence-corrected chi connectivity index (χ1v) is 10.7. The molecule has 0 amide bonds. The molecular weight excluding hydrogens is 328 g/mol. The second-order valence-electron chi connectivity index (χ2n) is 9.53. The van der Waals surface area contributed by atoms with Gasteiger partial charge in [-0.25, -0.2) is 0 Å². The molecule has 26 heavy (non-hydrogen) atoms. The molecule has 3 rings (SSSR count). The van der Waals surface area contributed by atoms with Crippen molar-refractivity contribution < 1.29 is 19.1 Å². The average Bonchev–Trinajstić information content (AvgIpc) is 3.22. The Morgan fingerprint density at radius 2 is 1.69 bits per heavy atom. The monoisotopic (exact) mass is 364 g/mol. The summed E-state index contributed by atoms with van der Waals surface area (Å²) < 4.78 is 11.9. The van der Waals surface area contributed by atoms with Gasteiger partial charge in [0.05, 0.1) is 11.3 Å². The molecule has 148 valence electrons. The smallest absolute Gasteiger partial charge is 0.311 e. The van der Waals surface area contributed by atoms with Crippen LogP contribution in [0.3, 0.4) is 0 Å². The maximum absolute atomic E-state index is 12.9. The number of rotatable bonds is 6. The minimum atomic E-state index is -0.422. The molecular formula is C22H36O4. The third-order valence-corrected chi connectivity index (χ3v) is 7.52. The molecule has 0 N–H and O–H groups in total. The van der Waals surface area contributed by atoms with E-state index in [0.717, 1.165) is 44.9 Å². The van der Waals surface area contributed by atoms with Crippen LogP contribution in [-0.4, -0.2) is 23.6 Å². The number of carbonyl (C=O) groups is 2. The summed E-state index contributed by atoms with van der Waals surface area (Å²) in [6.07, 6.45) is 9.99. The molecule has 3 saturated carbocycles. The van der Waals surface area contributed by atoms with Gasteiger partial charge in [-0.3, -0.25) is 9.59 Å². The molecule has 4 atom stereocenters. The molecule has 4 nitrogen and oxygen atoms in total. The van der Waals surface area contributed by atoms with E-state index < -0.39 is 5.41 Å². The molecule has 3 aliphatic carbocycles. The summed E-state index contributed by atoms with van der Waals surface area (Å²) >= 11 is 0. The van der Waals surface area contributed by atoms with Crippen LogP contribution in [0.15, 0.2) is 0 Å². The zero-order chi connectivity index (χ0) is 18.9. The SMILES string of the molecule is CCC1(OC(=O)C2CC3CC2CC3OC(=O)C(C)(C)CC)CCCCC1. The molecule has 0 aromatic heterocycles. The zero-order valence-electron chi connectivity index (χ0n) is 17.0. The number of hydrogen-bond acceptors (Lipinski definition) is 4. The molecule has 0 aromatic rings. The van der Waals surface area contributed by atoms with Gasteiger partial charge in [0, 0.05) is 0 Å². The van der Waals surface area contributed by atoms with Crippen LogP contribution in [0, 0.1) is 23.2 Å². The van der Waals surface area contributed by atoms with E-state index in [2.05, 4.69) is 6.92 Å². The normalized spacial score (nSPS) is 33.1. The summed E-state index contributed by atoms with van der Waals surface area (Å²) in [4.78, 5) is 25.2. The second kappa shape index (κ2) is 7.52. The molecule has 0 heterocycles. The highest BCUT2D eigenvalue weighted by Crippen LogP contribution is 2.51. The lowest BCUT2D eigenvalue weighted by molar-refractivity contribution is -0.173. The Bertz CT molecular complexity index is 532. The van der Waals surface area contributed by atoms with Gasteiger partial charge < -0.3 is 9.47 Å². The predicted octanol–water partition coefficient (Wildman–Crippen LogP) is 5.04. The minimum Gasteiger partial charge on any atom is -0.462 e. The summed E-state index contributed by atoms with van der Waals surface area (Å²) in [6.45, 7) is 8.04. The highest BCUT2D eigenvalue weighted by atomic mass is 16.6. The maximum Gasteiger partial charge on any atom is 0.311 e. The van der Waals surface area contributed by atoms with Crippen molar-refractivity contribution in [2.24, 2.45) is 23.2 Å². The Hall–Kier alpha value is -1.06. The van der Waals surface area contributed by atoms with Crippen LogP contribution in [0.25, 0.3) is 0 Å². The summed E-state index contributed by atoms with van der Waals surface area (Å²) in [5.41, 5.74) is -0.636. The van der Waals surface area contributed by atoms with Gasteiger partial charge in [0.15, 0.2) is 0 Å². The lowest BCUT2D eigenvalue weighted by atomic mass is 9.82. The van der Waals surface area contributed by atoms with Crippen LogP contribution in [-0.2, 0) is 19.1 Å². The number of carbonyl (C=O) groups excluding carboxylic acids is 2. The van der Waals surface area contributed by atoms with Crippen LogP contribution >= 0.6 is 0 Å². The fraction of sp³-hybridized carbons (Fsp3) is 0.909. The van der Waals surface area contributed by atoms with Crippen LogP contribution in [0.5, 0.6) is 0 Å². The average molecular weight is 365 g/mol. The molecule has 0 spiro atoms. The van der Waals surface area contributed by atoms with Gasteiger partial charge in [-0.1, -0.05) is 20.3 Å². The molecule has 0 saturated heterocycles. The van der Waals surface area contributed by atoms with E-state index in [1.807, 2.05) is 20.8 Å². The van der Waals surface area contributed by atoms with Crippen LogP contribution in [0.4, 0.5) is 0 Å². The van der Waals surface area contributed by atoms with Crippen molar-refractivity contribution in [2.75, 3.05) is 0 Å². The fourth-order valence-corrected chi connectivity index (χ4v) is 5.11. The highest BCUT2D eigenvalue weighted by molar-refractivity contribution is 5.76. The maximum atomic E-state index is 12.9. The molecule has 3 fully saturated rings. The molecule has 3 aliphatic rings. The van der Waals surface area contributed by atoms with E-state index in [9.17, 15) is 9.59 Å². The third-order valence-electron chi connectivity index (χ3n) is 7.52. The molecule has 2 bridgehead atoms. The second-order valence-corrected chi connectivity index (χ2v) is 9.53. The van der Waals surface area contributed by atoms with Gasteiger partial charge in [0.1, 0.15) is 11.7 Å². The first kappa shape index (κ1) is 19.7. The van der Waals surface area contributed by atoms with E-state index in [1.54, 1.807) is 0 Å². The van der Waals surface area contributed by atoms with E-state index in [-0.39, 0.29) is 29.6 Å². The highest BCUT2D eigenvalue weighted by Gasteiger charge is 2.52. The third kappa shape index (κ3) is 3.80. The molecule has 0 aliphatic heterocycles. The first-order chi connectivity index (χ1) is 12.3. The van der Waals surface area contributed by atoms with Gasteiger partial charge in [-0.2, -0.15) is 0 Å². The Balaban J connectivity index is 1.55. The van der Waals surface area contributed by atoms with Gasteiger partial charge in [0.25, 0.3) is 0 Å². The van der Waals surface area contributed by atoms with Crippen molar-refractivity contribution >= 4 is 11.9 Å². The summed E-state index contributed by atoms with van der Waals surface area (Å²) in [5, 5.41) is 0. The summed E-state index contributed by atoms with van der Waals surface area (Å²) in [5.74, 6) is 0.592. The molecule has 0 radical (unpaired) electrons. The fourth-order valence-electron chi connectivity index (χ4n) is 5.11. The Morgan fingerprint density at radius 1 is 1.00 bits per heavy atom. The Kier molecular flexibility index (Phi) is 5.69. The first-order valence-electron chi connectivity index (χ1n) is 10.7. The quantitative estimate of drug-likeness (QED) is 0.620. The van der Waals surface area contributed by atoms with Crippen LogP contribution in [0.2, 0.25) is 0 Å². The molecule has 0 aromatic carbocycles. The van der Waals surface area contributed by atoms with E-state index in [4.69, 9.17) is 9.47 Å². The van der Waals surface area contributed by atoms with Gasteiger partial charge in [0.2, 0.25) is 0 Å². The topological polar surface area (TPSA) is 52.6 Å².